The summed E-state index contributed by atoms with van der Waals surface area (Å²) < 4.78 is 8.75. The summed E-state index contributed by atoms with van der Waals surface area (Å²) in [6.07, 6.45) is 9.09. The minimum Gasteiger partial charge on any atom is -0.455 e. The molecule has 268 valence electrons. The molecule has 2 atom stereocenters. The van der Waals surface area contributed by atoms with E-state index in [1.54, 1.807) is 0 Å². The van der Waals surface area contributed by atoms with Crippen molar-refractivity contribution >= 4 is 55.1 Å². The van der Waals surface area contributed by atoms with Crippen molar-refractivity contribution < 1.29 is 4.42 Å². The van der Waals surface area contributed by atoms with E-state index < -0.39 is 0 Å². The molecule has 1 aliphatic heterocycles. The summed E-state index contributed by atoms with van der Waals surface area (Å²) in [5, 5.41) is 4.84. The Kier molecular flexibility index (Phi) is 7.05. The number of para-hydroxylation sites is 4. The molecule has 2 aromatic heterocycles. The van der Waals surface area contributed by atoms with Gasteiger partial charge >= 0.3 is 0 Å². The van der Waals surface area contributed by atoms with E-state index in [4.69, 9.17) is 4.42 Å². The summed E-state index contributed by atoms with van der Waals surface area (Å²) in [5.41, 5.74) is 16.4. The molecule has 57 heavy (non-hydrogen) atoms. The van der Waals surface area contributed by atoms with Crippen molar-refractivity contribution in [1.82, 2.24) is 4.57 Å². The van der Waals surface area contributed by atoms with Crippen LogP contribution in [-0.4, -0.2) is 10.6 Å². The molecule has 0 spiro atoms. The molecular weight excluding hydrogens is 693 g/mol. The number of furan rings is 1. The van der Waals surface area contributed by atoms with Crippen LogP contribution < -0.4 is 4.90 Å². The number of aromatic nitrogens is 1. The Morgan fingerprint density at radius 1 is 0.421 bits per heavy atom. The third-order valence-electron chi connectivity index (χ3n) is 12.1. The first-order valence-electron chi connectivity index (χ1n) is 19.8. The normalized spacial score (nSPS) is 15.9. The number of rotatable bonds is 5. The molecule has 0 saturated heterocycles. The molecule has 3 heteroatoms. The maximum absolute atomic E-state index is 6.38. The molecule has 0 saturated carbocycles. The second kappa shape index (κ2) is 12.6. The minimum absolute atomic E-state index is 0.218. The topological polar surface area (TPSA) is 21.3 Å². The number of allylic oxidation sites excluding steroid dienone is 2. The van der Waals surface area contributed by atoms with E-state index in [9.17, 15) is 0 Å². The zero-order valence-corrected chi connectivity index (χ0v) is 31.1. The molecule has 10 aromatic rings. The predicted octanol–water partition coefficient (Wildman–Crippen LogP) is 14.4. The zero-order chi connectivity index (χ0) is 37.5. The Labute approximate surface area is 330 Å². The molecule has 12 rings (SSSR count). The minimum atomic E-state index is 0.218. The van der Waals surface area contributed by atoms with E-state index in [2.05, 4.69) is 204 Å². The molecule has 2 unspecified atom stereocenters. The second-order valence-corrected chi connectivity index (χ2v) is 15.3. The lowest BCUT2D eigenvalue weighted by Gasteiger charge is -2.28. The van der Waals surface area contributed by atoms with Gasteiger partial charge < -0.3 is 13.9 Å². The highest BCUT2D eigenvalue weighted by Crippen LogP contribution is 2.49. The molecule has 2 aliphatic rings. The molecule has 0 bridgehead atoms. The van der Waals surface area contributed by atoms with Crippen LogP contribution in [-0.2, 0) is 0 Å². The molecule has 0 N–H and O–H groups in total. The predicted molar refractivity (Wildman–Crippen MR) is 238 cm³/mol. The lowest BCUT2D eigenvalue weighted by molar-refractivity contribution is 0.670. The van der Waals surface area contributed by atoms with Gasteiger partial charge in [0.2, 0.25) is 0 Å². The second-order valence-electron chi connectivity index (χ2n) is 15.3. The van der Waals surface area contributed by atoms with Crippen molar-refractivity contribution in [3.8, 4) is 39.1 Å². The van der Waals surface area contributed by atoms with E-state index in [0.29, 0.717) is 0 Å². The van der Waals surface area contributed by atoms with Crippen molar-refractivity contribution in [1.29, 1.82) is 0 Å². The first kappa shape index (κ1) is 31.9. The van der Waals surface area contributed by atoms with Gasteiger partial charge in [0.1, 0.15) is 11.2 Å². The van der Waals surface area contributed by atoms with Crippen molar-refractivity contribution in [3.05, 3.63) is 212 Å². The molecule has 0 amide bonds. The van der Waals surface area contributed by atoms with E-state index in [0.717, 1.165) is 33.1 Å². The quantitative estimate of drug-likeness (QED) is 0.176. The summed E-state index contributed by atoms with van der Waals surface area (Å²) in [7, 11) is 0. The van der Waals surface area contributed by atoms with Gasteiger partial charge in [0.05, 0.1) is 17.1 Å². The van der Waals surface area contributed by atoms with Gasteiger partial charge in [0, 0.05) is 50.1 Å². The average molecular weight is 729 g/mol. The fraction of sp³-hybridized carbons (Fsp3) is 0.0370. The Morgan fingerprint density at radius 3 is 1.91 bits per heavy atom. The van der Waals surface area contributed by atoms with Gasteiger partial charge in [-0.15, -0.1) is 0 Å². The van der Waals surface area contributed by atoms with Gasteiger partial charge in [0.15, 0.2) is 0 Å². The van der Waals surface area contributed by atoms with Crippen LogP contribution in [0, 0.1) is 0 Å². The smallest absolute Gasteiger partial charge is 0.143 e. The average Bonchev–Trinajstić information content (AvgIpc) is 3.94. The van der Waals surface area contributed by atoms with Crippen LogP contribution in [0.3, 0.4) is 0 Å². The molecular formula is C54H36N2O. The van der Waals surface area contributed by atoms with Gasteiger partial charge in [-0.1, -0.05) is 146 Å². The van der Waals surface area contributed by atoms with E-state index in [-0.39, 0.29) is 12.0 Å². The number of nitrogens with zero attached hydrogens (tertiary/aromatic N) is 2. The van der Waals surface area contributed by atoms with Crippen molar-refractivity contribution in [2.45, 2.75) is 12.0 Å². The van der Waals surface area contributed by atoms with Crippen LogP contribution >= 0.6 is 0 Å². The SMILES string of the molecule is C1=CC2c3cc(-c4ccc(-c5ccc6c(c5)c5ccccc5n6-c5ccccc5)cc4)ccc3N(c3ccc(-c4cccc5c4oc4ccccc45)cc3)C2C=C1. The number of hydrogen-bond acceptors (Lipinski definition) is 2. The fourth-order valence-corrected chi connectivity index (χ4v) is 9.46. The van der Waals surface area contributed by atoms with Crippen LogP contribution in [0.25, 0.3) is 82.8 Å². The maximum atomic E-state index is 6.38. The summed E-state index contributed by atoms with van der Waals surface area (Å²) in [6, 6.07) is 66.3. The van der Waals surface area contributed by atoms with Crippen LogP contribution in [0.15, 0.2) is 211 Å². The number of hydrogen-bond donors (Lipinski definition) is 0. The molecule has 0 fully saturated rings. The first-order valence-corrected chi connectivity index (χ1v) is 19.8. The highest BCUT2D eigenvalue weighted by Gasteiger charge is 2.37. The van der Waals surface area contributed by atoms with E-state index in [1.165, 1.54) is 66.7 Å². The maximum Gasteiger partial charge on any atom is 0.143 e. The Hall–Kier alpha value is -7.36. The summed E-state index contributed by atoms with van der Waals surface area (Å²) >= 11 is 0. The molecule has 3 heterocycles. The van der Waals surface area contributed by atoms with E-state index >= 15 is 0 Å². The number of benzene rings is 8. The lowest BCUT2D eigenvalue weighted by atomic mass is 9.89. The largest absolute Gasteiger partial charge is 0.455 e. The highest BCUT2D eigenvalue weighted by atomic mass is 16.3. The van der Waals surface area contributed by atoms with Gasteiger partial charge in [0.25, 0.3) is 0 Å². The van der Waals surface area contributed by atoms with Crippen LogP contribution in [0.5, 0.6) is 0 Å². The third kappa shape index (κ3) is 4.99. The number of anilines is 2. The zero-order valence-electron chi connectivity index (χ0n) is 31.1. The van der Waals surface area contributed by atoms with Crippen molar-refractivity contribution in [2.24, 2.45) is 0 Å². The molecule has 3 nitrogen and oxygen atoms in total. The Morgan fingerprint density at radius 2 is 1.07 bits per heavy atom. The summed E-state index contributed by atoms with van der Waals surface area (Å²) in [6.45, 7) is 0. The summed E-state index contributed by atoms with van der Waals surface area (Å²) in [4.78, 5) is 2.50. The van der Waals surface area contributed by atoms with Crippen LogP contribution in [0.2, 0.25) is 0 Å². The fourth-order valence-electron chi connectivity index (χ4n) is 9.46. The highest BCUT2D eigenvalue weighted by molar-refractivity contribution is 6.11. The van der Waals surface area contributed by atoms with E-state index in [1.807, 2.05) is 12.1 Å². The number of fused-ring (bicyclic) bond motifs is 9. The lowest BCUT2D eigenvalue weighted by Crippen LogP contribution is -2.28. The van der Waals surface area contributed by atoms with Crippen molar-refractivity contribution in [2.75, 3.05) is 4.90 Å². The van der Waals surface area contributed by atoms with Gasteiger partial charge in [-0.05, 0) is 94.0 Å². The summed E-state index contributed by atoms with van der Waals surface area (Å²) in [5.74, 6) is 0.276. The first-order chi connectivity index (χ1) is 28.3. The van der Waals surface area contributed by atoms with Crippen LogP contribution in [0.4, 0.5) is 11.4 Å². The van der Waals surface area contributed by atoms with Gasteiger partial charge in [-0.3, -0.25) is 0 Å². The molecule has 8 aromatic carbocycles. The third-order valence-corrected chi connectivity index (χ3v) is 12.1. The monoisotopic (exact) mass is 728 g/mol. The molecule has 1 aliphatic carbocycles. The van der Waals surface area contributed by atoms with Gasteiger partial charge in [-0.25, -0.2) is 0 Å². The standard InChI is InChI=1S/C54H36N2O/c1-2-11-40(12-3-1)55-49-18-7-4-13-43(49)47-33-38(27-31-51(47)55)35-21-23-36(24-22-35)39-28-32-52-48(34-39)44-14-5-8-19-50(44)56(52)41-29-25-37(26-30-41)42-16-10-17-46-45-15-6-9-20-53(45)57-54(42)46/h1-34,44,50H. The van der Waals surface area contributed by atoms with Crippen molar-refractivity contribution in [3.63, 3.8) is 0 Å². The Balaban J connectivity index is 0.867. The van der Waals surface area contributed by atoms with Crippen LogP contribution in [0.1, 0.15) is 11.5 Å². The molecule has 0 radical (unpaired) electrons. The Bertz CT molecular complexity index is 3240. The van der Waals surface area contributed by atoms with Gasteiger partial charge in [-0.2, -0.15) is 0 Å².